The van der Waals surface area contributed by atoms with Crippen molar-refractivity contribution in [3.8, 4) is 0 Å². The molecule has 0 bridgehead atoms. The molecule has 0 spiro atoms. The van der Waals surface area contributed by atoms with E-state index in [0.717, 1.165) is 44.2 Å². The van der Waals surface area contributed by atoms with Gasteiger partial charge >= 0.3 is 0 Å². The van der Waals surface area contributed by atoms with Crippen LogP contribution in [0.25, 0.3) is 0 Å². The van der Waals surface area contributed by atoms with Gasteiger partial charge in [0.2, 0.25) is 0 Å². The summed E-state index contributed by atoms with van der Waals surface area (Å²) in [7, 11) is 0. The number of halogens is 1. The Morgan fingerprint density at radius 2 is 2.05 bits per heavy atom. The number of hydrogen-bond donors (Lipinski definition) is 2. The molecule has 4 nitrogen and oxygen atoms in total. The first-order valence-corrected chi connectivity index (χ1v) is 7.60. The van der Waals surface area contributed by atoms with Crippen LogP contribution >= 0.6 is 11.6 Å². The van der Waals surface area contributed by atoms with E-state index >= 15 is 0 Å². The molecule has 0 saturated carbocycles. The van der Waals surface area contributed by atoms with E-state index in [-0.39, 0.29) is 0 Å². The van der Waals surface area contributed by atoms with E-state index in [0.29, 0.717) is 16.6 Å². The van der Waals surface area contributed by atoms with Crippen molar-refractivity contribution in [3.63, 3.8) is 0 Å². The second-order valence-corrected chi connectivity index (χ2v) is 6.04. The summed E-state index contributed by atoms with van der Waals surface area (Å²) < 4.78 is 0. The zero-order chi connectivity index (χ0) is 13.9. The van der Waals surface area contributed by atoms with Crippen LogP contribution in [-0.4, -0.2) is 49.4 Å². The van der Waals surface area contributed by atoms with Crippen molar-refractivity contribution >= 4 is 23.6 Å². The van der Waals surface area contributed by atoms with Crippen LogP contribution in [-0.2, 0) is 0 Å². The maximum absolute atomic E-state index is 10.7. The van der Waals surface area contributed by atoms with Gasteiger partial charge in [0.15, 0.2) is 6.29 Å². The largest absolute Gasteiger partial charge is 0.380 e. The molecule has 2 fully saturated rings. The topological polar surface area (TPSA) is 44.4 Å². The fourth-order valence-electron chi connectivity index (χ4n) is 3.02. The molecule has 2 heterocycles. The number of carbonyl (C=O) groups is 1. The predicted molar refractivity (Wildman–Crippen MR) is 81.7 cm³/mol. The Morgan fingerprint density at radius 1 is 1.30 bits per heavy atom. The van der Waals surface area contributed by atoms with Gasteiger partial charge in [0.25, 0.3) is 0 Å². The highest BCUT2D eigenvalue weighted by Gasteiger charge is 2.32. The highest BCUT2D eigenvalue weighted by molar-refractivity contribution is 6.33. The van der Waals surface area contributed by atoms with Crippen LogP contribution in [0.1, 0.15) is 23.2 Å². The lowest BCUT2D eigenvalue weighted by Crippen LogP contribution is -2.60. The molecule has 2 aliphatic rings. The molecule has 0 aromatic heterocycles. The third-order valence-electron chi connectivity index (χ3n) is 4.23. The van der Waals surface area contributed by atoms with Gasteiger partial charge in [0.05, 0.1) is 11.1 Å². The molecular formula is C15H20ClN3O. The number of hydrogen-bond acceptors (Lipinski definition) is 4. The molecule has 0 atom stereocenters. The number of anilines is 1. The van der Waals surface area contributed by atoms with Crippen molar-refractivity contribution in [3.05, 3.63) is 28.8 Å². The Hall–Kier alpha value is -1.10. The quantitative estimate of drug-likeness (QED) is 0.834. The van der Waals surface area contributed by atoms with Gasteiger partial charge in [-0.15, -0.1) is 0 Å². The molecule has 2 saturated heterocycles. The molecule has 20 heavy (non-hydrogen) atoms. The summed E-state index contributed by atoms with van der Waals surface area (Å²) in [6, 6.07) is 6.75. The number of likely N-dealkylation sites (tertiary alicyclic amines) is 1. The third-order valence-corrected chi connectivity index (χ3v) is 4.56. The lowest BCUT2D eigenvalue weighted by Gasteiger charge is -2.46. The standard InChI is InChI=1S/C15H20ClN3O/c16-15-7-12(2-1-11(15)10-20)18-13-8-19(9-13)14-3-5-17-6-4-14/h1-2,7,10,13-14,17-18H,3-6,8-9H2. The van der Waals surface area contributed by atoms with Crippen LogP contribution in [0.15, 0.2) is 18.2 Å². The van der Waals surface area contributed by atoms with Gasteiger partial charge in [-0.2, -0.15) is 0 Å². The maximum atomic E-state index is 10.7. The Morgan fingerprint density at radius 3 is 2.70 bits per heavy atom. The fraction of sp³-hybridized carbons (Fsp3) is 0.533. The van der Waals surface area contributed by atoms with Gasteiger partial charge in [0.1, 0.15) is 0 Å². The summed E-state index contributed by atoms with van der Waals surface area (Å²) in [4.78, 5) is 13.3. The van der Waals surface area contributed by atoms with Crippen molar-refractivity contribution in [1.29, 1.82) is 0 Å². The molecule has 5 heteroatoms. The van der Waals surface area contributed by atoms with Crippen molar-refractivity contribution < 1.29 is 4.79 Å². The van der Waals surface area contributed by atoms with Crippen LogP contribution in [0.3, 0.4) is 0 Å². The van der Waals surface area contributed by atoms with Crippen LogP contribution < -0.4 is 10.6 Å². The van der Waals surface area contributed by atoms with Gasteiger partial charge in [0, 0.05) is 30.4 Å². The first-order valence-electron chi connectivity index (χ1n) is 7.22. The van der Waals surface area contributed by atoms with Gasteiger partial charge in [-0.25, -0.2) is 0 Å². The number of aldehydes is 1. The number of nitrogens with zero attached hydrogens (tertiary/aromatic N) is 1. The molecule has 0 radical (unpaired) electrons. The molecule has 1 aromatic carbocycles. The normalized spacial score (nSPS) is 21.4. The second kappa shape index (κ2) is 6.12. The maximum Gasteiger partial charge on any atom is 0.151 e. The zero-order valence-corrected chi connectivity index (χ0v) is 12.2. The third kappa shape index (κ3) is 2.97. The average Bonchev–Trinajstić information content (AvgIpc) is 2.43. The molecule has 0 aliphatic carbocycles. The number of carbonyl (C=O) groups excluding carboxylic acids is 1. The molecule has 2 aliphatic heterocycles. The predicted octanol–water partition coefficient (Wildman–Crippen LogP) is 2.00. The van der Waals surface area contributed by atoms with E-state index in [9.17, 15) is 4.79 Å². The highest BCUT2D eigenvalue weighted by atomic mass is 35.5. The Kier molecular flexibility index (Phi) is 4.24. The van der Waals surface area contributed by atoms with E-state index in [1.165, 1.54) is 12.8 Å². The van der Waals surface area contributed by atoms with E-state index in [2.05, 4.69) is 15.5 Å². The first kappa shape index (κ1) is 13.9. The van der Waals surface area contributed by atoms with Crippen molar-refractivity contribution in [1.82, 2.24) is 10.2 Å². The molecule has 0 amide bonds. The zero-order valence-electron chi connectivity index (χ0n) is 11.4. The van der Waals surface area contributed by atoms with E-state index in [4.69, 9.17) is 11.6 Å². The van der Waals surface area contributed by atoms with E-state index in [1.54, 1.807) is 6.07 Å². The van der Waals surface area contributed by atoms with Gasteiger partial charge in [-0.05, 0) is 44.1 Å². The molecular weight excluding hydrogens is 274 g/mol. The van der Waals surface area contributed by atoms with E-state index in [1.807, 2.05) is 12.1 Å². The highest BCUT2D eigenvalue weighted by Crippen LogP contribution is 2.24. The minimum absolute atomic E-state index is 0.489. The monoisotopic (exact) mass is 293 g/mol. The summed E-state index contributed by atoms with van der Waals surface area (Å²) in [6.07, 6.45) is 3.30. The van der Waals surface area contributed by atoms with Gasteiger partial charge in [-0.1, -0.05) is 11.6 Å². The van der Waals surface area contributed by atoms with E-state index < -0.39 is 0 Å². The average molecular weight is 294 g/mol. The minimum Gasteiger partial charge on any atom is -0.380 e. The lowest BCUT2D eigenvalue weighted by atomic mass is 9.98. The smallest absolute Gasteiger partial charge is 0.151 e. The summed E-state index contributed by atoms with van der Waals surface area (Å²) in [6.45, 7) is 4.47. The molecule has 108 valence electrons. The van der Waals surface area contributed by atoms with Crippen LogP contribution in [0.2, 0.25) is 5.02 Å². The lowest BCUT2D eigenvalue weighted by molar-refractivity contribution is 0.0829. The van der Waals surface area contributed by atoms with Crippen molar-refractivity contribution in [2.75, 3.05) is 31.5 Å². The number of nitrogens with one attached hydrogen (secondary N) is 2. The number of rotatable bonds is 4. The first-order chi connectivity index (χ1) is 9.76. The minimum atomic E-state index is 0.489. The number of benzene rings is 1. The summed E-state index contributed by atoms with van der Waals surface area (Å²) in [5.74, 6) is 0. The molecule has 0 unspecified atom stereocenters. The van der Waals surface area contributed by atoms with Crippen LogP contribution in [0, 0.1) is 0 Å². The second-order valence-electron chi connectivity index (χ2n) is 5.63. The molecule has 1 aromatic rings. The fourth-order valence-corrected chi connectivity index (χ4v) is 3.25. The van der Waals surface area contributed by atoms with Crippen LogP contribution in [0.5, 0.6) is 0 Å². The van der Waals surface area contributed by atoms with Crippen molar-refractivity contribution in [2.45, 2.75) is 24.9 Å². The van der Waals surface area contributed by atoms with Crippen LogP contribution in [0.4, 0.5) is 5.69 Å². The summed E-state index contributed by atoms with van der Waals surface area (Å²) in [5, 5.41) is 7.40. The molecule has 3 rings (SSSR count). The van der Waals surface area contributed by atoms with Gasteiger partial charge < -0.3 is 10.6 Å². The Bertz CT molecular complexity index is 482. The van der Waals surface area contributed by atoms with Crippen molar-refractivity contribution in [2.24, 2.45) is 0 Å². The summed E-state index contributed by atoms with van der Waals surface area (Å²) in [5.41, 5.74) is 1.54. The molecule has 2 N–H and O–H groups in total. The summed E-state index contributed by atoms with van der Waals surface area (Å²) >= 11 is 6.04. The van der Waals surface area contributed by atoms with Gasteiger partial charge in [-0.3, -0.25) is 9.69 Å². The Labute approximate surface area is 124 Å². The Balaban J connectivity index is 1.50. The SMILES string of the molecule is O=Cc1ccc(NC2CN(C3CCNCC3)C2)cc1Cl. The number of piperidine rings is 1.